The van der Waals surface area contributed by atoms with Crippen LogP contribution in [0.4, 0.5) is 20.2 Å². The Morgan fingerprint density at radius 1 is 1.09 bits per heavy atom. The number of nitrogens with one attached hydrogen (secondary N) is 3. The van der Waals surface area contributed by atoms with Crippen molar-refractivity contribution in [2.75, 3.05) is 11.9 Å². The van der Waals surface area contributed by atoms with Crippen LogP contribution in [0.5, 0.6) is 0 Å². The van der Waals surface area contributed by atoms with Crippen LogP contribution in [0.3, 0.4) is 0 Å². The Kier molecular flexibility index (Phi) is 6.05. The van der Waals surface area contributed by atoms with Crippen molar-refractivity contribution in [2.24, 2.45) is 0 Å². The minimum atomic E-state index is -0.861. The Morgan fingerprint density at radius 2 is 1.78 bits per heavy atom. The molecule has 3 aromatic rings. The molecule has 1 aliphatic rings. The van der Waals surface area contributed by atoms with Gasteiger partial charge in [0, 0.05) is 31.3 Å². The Labute approximate surface area is 187 Å². The molecule has 0 unspecified atom stereocenters. The maximum Gasteiger partial charge on any atom is 0.259 e. The van der Waals surface area contributed by atoms with Crippen molar-refractivity contribution in [3.05, 3.63) is 92.4 Å². The third-order valence-corrected chi connectivity index (χ3v) is 5.59. The number of carbonyl (C=O) groups excluding carboxylic acids is 1. The van der Waals surface area contributed by atoms with E-state index in [1.165, 1.54) is 12.3 Å². The zero-order valence-electron chi connectivity index (χ0n) is 16.8. The van der Waals surface area contributed by atoms with Gasteiger partial charge in [0.1, 0.15) is 17.3 Å². The summed E-state index contributed by atoms with van der Waals surface area (Å²) in [6.45, 7) is 1.19. The molecule has 4 rings (SSSR count). The highest BCUT2D eigenvalue weighted by molar-refractivity contribution is 6.34. The van der Waals surface area contributed by atoms with Crippen molar-refractivity contribution >= 4 is 34.6 Å². The fraction of sp³-hybridized carbons (Fsp3) is 0.174. The predicted octanol–water partition coefficient (Wildman–Crippen LogP) is 4.59. The quantitative estimate of drug-likeness (QED) is 0.474. The number of nitrogens with zero attached hydrogens (tertiary/aromatic N) is 1. The molecule has 164 valence electrons. The fourth-order valence-electron chi connectivity index (χ4n) is 3.62. The van der Waals surface area contributed by atoms with E-state index in [0.29, 0.717) is 18.5 Å². The Bertz CT molecular complexity index is 1240. The summed E-state index contributed by atoms with van der Waals surface area (Å²) in [5.41, 5.74) is -0.199. The zero-order valence-corrected chi connectivity index (χ0v) is 17.6. The average molecular weight is 457 g/mol. The molecule has 0 spiro atoms. The fourth-order valence-corrected chi connectivity index (χ4v) is 3.82. The normalized spacial score (nSPS) is 13.5. The monoisotopic (exact) mass is 456 g/mol. The second-order valence-corrected chi connectivity index (χ2v) is 7.84. The first-order valence-corrected chi connectivity index (χ1v) is 10.3. The summed E-state index contributed by atoms with van der Waals surface area (Å²) in [6.07, 6.45) is 2.59. The van der Waals surface area contributed by atoms with Gasteiger partial charge in [0.15, 0.2) is 0 Å². The Hall–Kier alpha value is -3.52. The third-order valence-electron chi connectivity index (χ3n) is 5.30. The summed E-state index contributed by atoms with van der Waals surface area (Å²) in [4.78, 5) is 28.6. The SMILES string of the molecule is N=C(c1ccc(CN2CCCC2=O)cc1)c1c(Nc2c(F)cccc2F)c(Cl)c[nH]c1=O. The van der Waals surface area contributed by atoms with E-state index in [0.717, 1.165) is 30.7 Å². The number of aromatic nitrogens is 1. The average Bonchev–Trinajstić information content (AvgIpc) is 3.17. The number of para-hydroxylation sites is 1. The van der Waals surface area contributed by atoms with Gasteiger partial charge >= 0.3 is 0 Å². The summed E-state index contributed by atoms with van der Waals surface area (Å²) in [5, 5.41) is 11.1. The van der Waals surface area contributed by atoms with E-state index < -0.39 is 22.9 Å². The smallest absolute Gasteiger partial charge is 0.259 e. The van der Waals surface area contributed by atoms with Crippen molar-refractivity contribution < 1.29 is 13.6 Å². The van der Waals surface area contributed by atoms with E-state index in [2.05, 4.69) is 10.3 Å². The lowest BCUT2D eigenvalue weighted by molar-refractivity contribution is -0.128. The van der Waals surface area contributed by atoms with Crippen LogP contribution in [0.2, 0.25) is 5.02 Å². The van der Waals surface area contributed by atoms with E-state index in [1.807, 2.05) is 0 Å². The van der Waals surface area contributed by atoms with E-state index in [4.69, 9.17) is 17.0 Å². The number of hydrogen-bond acceptors (Lipinski definition) is 4. The molecule has 1 aliphatic heterocycles. The second kappa shape index (κ2) is 8.92. The van der Waals surface area contributed by atoms with Gasteiger partial charge < -0.3 is 15.2 Å². The number of likely N-dealkylation sites (tertiary alicyclic amines) is 1. The van der Waals surface area contributed by atoms with E-state index in [1.54, 1.807) is 29.2 Å². The summed E-state index contributed by atoms with van der Waals surface area (Å²) >= 11 is 6.21. The van der Waals surface area contributed by atoms with E-state index in [9.17, 15) is 18.4 Å². The van der Waals surface area contributed by atoms with Gasteiger partial charge in [-0.2, -0.15) is 0 Å². The molecule has 3 N–H and O–H groups in total. The lowest BCUT2D eigenvalue weighted by atomic mass is 10.0. The number of H-pyrrole nitrogens is 1. The first-order valence-electron chi connectivity index (χ1n) is 9.93. The van der Waals surface area contributed by atoms with Crippen LogP contribution in [0.25, 0.3) is 0 Å². The molecule has 32 heavy (non-hydrogen) atoms. The molecule has 6 nitrogen and oxygen atoms in total. The van der Waals surface area contributed by atoms with Gasteiger partial charge in [0.05, 0.1) is 22.0 Å². The summed E-state index contributed by atoms with van der Waals surface area (Å²) in [7, 11) is 0. The highest BCUT2D eigenvalue weighted by Gasteiger charge is 2.22. The molecular formula is C23H19ClF2N4O2. The van der Waals surface area contributed by atoms with Crippen LogP contribution in [-0.2, 0) is 11.3 Å². The highest BCUT2D eigenvalue weighted by Crippen LogP contribution is 2.31. The molecule has 1 aromatic heterocycles. The summed E-state index contributed by atoms with van der Waals surface area (Å²) in [6, 6.07) is 10.2. The maximum absolute atomic E-state index is 14.2. The predicted molar refractivity (Wildman–Crippen MR) is 119 cm³/mol. The molecule has 2 heterocycles. The van der Waals surface area contributed by atoms with Crippen molar-refractivity contribution in [3.63, 3.8) is 0 Å². The molecule has 0 radical (unpaired) electrons. The number of amides is 1. The Morgan fingerprint density at radius 3 is 2.41 bits per heavy atom. The summed E-state index contributed by atoms with van der Waals surface area (Å²) < 4.78 is 28.3. The van der Waals surface area contributed by atoms with Crippen molar-refractivity contribution in [1.29, 1.82) is 5.41 Å². The number of aromatic amines is 1. The third kappa shape index (κ3) is 4.27. The van der Waals surface area contributed by atoms with Gasteiger partial charge in [-0.05, 0) is 24.1 Å². The molecule has 0 atom stereocenters. The van der Waals surface area contributed by atoms with Crippen LogP contribution in [-0.4, -0.2) is 28.0 Å². The van der Waals surface area contributed by atoms with E-state index >= 15 is 0 Å². The largest absolute Gasteiger partial charge is 0.349 e. The molecule has 1 amide bonds. The highest BCUT2D eigenvalue weighted by atomic mass is 35.5. The van der Waals surface area contributed by atoms with Crippen molar-refractivity contribution in [1.82, 2.24) is 9.88 Å². The van der Waals surface area contributed by atoms with Crippen LogP contribution in [0.15, 0.2) is 53.5 Å². The zero-order chi connectivity index (χ0) is 22.8. The van der Waals surface area contributed by atoms with Crippen LogP contribution >= 0.6 is 11.6 Å². The van der Waals surface area contributed by atoms with Gasteiger partial charge in [-0.3, -0.25) is 15.0 Å². The van der Waals surface area contributed by atoms with Gasteiger partial charge in [-0.15, -0.1) is 0 Å². The first kappa shape index (κ1) is 21.7. The summed E-state index contributed by atoms with van der Waals surface area (Å²) in [5.74, 6) is -1.61. The lowest BCUT2D eigenvalue weighted by Crippen LogP contribution is -2.24. The number of rotatable bonds is 6. The number of pyridine rings is 1. The molecular weight excluding hydrogens is 438 g/mol. The Balaban J connectivity index is 1.66. The molecule has 2 aromatic carbocycles. The molecule has 1 fully saturated rings. The number of anilines is 2. The first-order chi connectivity index (χ1) is 15.3. The number of halogens is 3. The number of hydrogen-bond donors (Lipinski definition) is 3. The maximum atomic E-state index is 14.2. The number of benzene rings is 2. The minimum Gasteiger partial charge on any atom is -0.349 e. The topological polar surface area (TPSA) is 89.1 Å². The lowest BCUT2D eigenvalue weighted by Gasteiger charge is -2.17. The van der Waals surface area contributed by atoms with Gasteiger partial charge in [0.25, 0.3) is 5.56 Å². The number of carbonyl (C=O) groups is 1. The van der Waals surface area contributed by atoms with Gasteiger partial charge in [-0.1, -0.05) is 41.9 Å². The molecule has 0 bridgehead atoms. The molecule has 0 saturated carbocycles. The minimum absolute atomic E-state index is 0.00355. The molecule has 0 aliphatic carbocycles. The standard InChI is InChI=1S/C23H19ClF2N4O2/c24-15-11-28-23(32)19(21(15)29-22-16(25)3-1-4-17(22)26)20(27)14-8-6-13(7-9-14)12-30-10-2-5-18(30)31/h1,3-4,6-9,11,27H,2,5,10,12H2,(H2,28,29,32). The van der Waals surface area contributed by atoms with Crippen molar-refractivity contribution in [3.8, 4) is 0 Å². The van der Waals surface area contributed by atoms with Crippen LogP contribution < -0.4 is 10.9 Å². The van der Waals surface area contributed by atoms with Crippen molar-refractivity contribution in [2.45, 2.75) is 19.4 Å². The van der Waals surface area contributed by atoms with E-state index in [-0.39, 0.29) is 27.9 Å². The van der Waals surface area contributed by atoms with Crippen LogP contribution in [0, 0.1) is 17.0 Å². The van der Waals surface area contributed by atoms with Gasteiger partial charge in [-0.25, -0.2) is 8.78 Å². The molecule has 9 heteroatoms. The van der Waals surface area contributed by atoms with Gasteiger partial charge in [0.2, 0.25) is 5.91 Å². The molecule has 1 saturated heterocycles. The second-order valence-electron chi connectivity index (χ2n) is 7.43. The van der Waals surface area contributed by atoms with Crippen LogP contribution in [0.1, 0.15) is 29.5 Å².